The van der Waals surface area contributed by atoms with Crippen molar-refractivity contribution in [2.75, 3.05) is 19.7 Å². The lowest BCUT2D eigenvalue weighted by atomic mass is 9.74. The lowest BCUT2D eigenvalue weighted by Crippen LogP contribution is -2.51. The Labute approximate surface area is 158 Å². The number of benzene rings is 1. The summed E-state index contributed by atoms with van der Waals surface area (Å²) in [5.74, 6) is -0.669. The first-order valence-electron chi connectivity index (χ1n) is 9.35. The van der Waals surface area contributed by atoms with Crippen molar-refractivity contribution in [1.29, 1.82) is 0 Å². The molecule has 27 heavy (non-hydrogen) atoms. The molecule has 6 nitrogen and oxygen atoms in total. The lowest BCUT2D eigenvalue weighted by Gasteiger charge is -2.41. The fourth-order valence-electron chi connectivity index (χ4n) is 3.91. The summed E-state index contributed by atoms with van der Waals surface area (Å²) in [7, 11) is 0. The third-order valence-corrected chi connectivity index (χ3v) is 5.24. The molecule has 0 aromatic heterocycles. The van der Waals surface area contributed by atoms with E-state index in [1.54, 1.807) is 24.0 Å². The molecule has 0 aliphatic carbocycles. The van der Waals surface area contributed by atoms with Crippen molar-refractivity contribution in [3.8, 4) is 0 Å². The summed E-state index contributed by atoms with van der Waals surface area (Å²) >= 11 is 0. The predicted octanol–water partition coefficient (Wildman–Crippen LogP) is 2.90. The molecule has 7 heteroatoms. The van der Waals surface area contributed by atoms with Crippen LogP contribution >= 0.6 is 0 Å². The minimum absolute atomic E-state index is 0.0487. The number of piperidine rings is 1. The number of amides is 1. The maximum Gasteiger partial charge on any atom is 0.314 e. The van der Waals surface area contributed by atoms with Crippen LogP contribution in [0.3, 0.4) is 0 Å². The van der Waals surface area contributed by atoms with Gasteiger partial charge in [-0.1, -0.05) is 17.3 Å². The first-order chi connectivity index (χ1) is 12.9. The Morgan fingerprint density at radius 1 is 1.44 bits per heavy atom. The van der Waals surface area contributed by atoms with Gasteiger partial charge in [-0.2, -0.15) is 0 Å². The molecule has 146 valence electrons. The maximum absolute atomic E-state index is 13.5. The largest absolute Gasteiger partial charge is 0.466 e. The van der Waals surface area contributed by atoms with Gasteiger partial charge in [-0.15, -0.1) is 0 Å². The number of oxime groups is 1. The zero-order valence-electron chi connectivity index (χ0n) is 15.7. The van der Waals surface area contributed by atoms with Crippen molar-refractivity contribution in [3.05, 3.63) is 35.6 Å². The molecule has 0 saturated carbocycles. The van der Waals surface area contributed by atoms with E-state index in [0.717, 1.165) is 6.42 Å². The van der Waals surface area contributed by atoms with Crippen molar-refractivity contribution in [2.24, 2.45) is 10.6 Å². The van der Waals surface area contributed by atoms with Gasteiger partial charge in [0, 0.05) is 38.4 Å². The summed E-state index contributed by atoms with van der Waals surface area (Å²) in [6.45, 7) is 4.55. The van der Waals surface area contributed by atoms with Crippen LogP contribution in [0.4, 0.5) is 4.39 Å². The summed E-state index contributed by atoms with van der Waals surface area (Å²) < 4.78 is 18.8. The van der Waals surface area contributed by atoms with Gasteiger partial charge in [0.25, 0.3) is 0 Å². The number of ether oxygens (including phenoxy) is 1. The Balaban J connectivity index is 1.74. The number of carbonyl (C=O) groups is 2. The summed E-state index contributed by atoms with van der Waals surface area (Å²) in [5, 5.41) is 4.10. The van der Waals surface area contributed by atoms with Crippen LogP contribution in [-0.2, 0) is 19.2 Å². The van der Waals surface area contributed by atoms with Gasteiger partial charge in [0.2, 0.25) is 5.91 Å². The SMILES string of the molecule is CCOC(=O)C1(CC2CC(c3cccc(F)c3)=NO2)CCCN(C(C)=O)C1. The summed E-state index contributed by atoms with van der Waals surface area (Å²) in [5.41, 5.74) is 0.548. The van der Waals surface area contributed by atoms with Crippen LogP contribution in [0.5, 0.6) is 0 Å². The second-order valence-corrected chi connectivity index (χ2v) is 7.23. The van der Waals surface area contributed by atoms with Gasteiger partial charge in [0.1, 0.15) is 11.9 Å². The lowest BCUT2D eigenvalue weighted by molar-refractivity contribution is -0.163. The van der Waals surface area contributed by atoms with Gasteiger partial charge in [0.05, 0.1) is 17.7 Å². The molecule has 2 aliphatic rings. The van der Waals surface area contributed by atoms with E-state index in [1.807, 2.05) is 0 Å². The van der Waals surface area contributed by atoms with Crippen molar-refractivity contribution < 1.29 is 23.6 Å². The molecule has 0 bridgehead atoms. The van der Waals surface area contributed by atoms with Gasteiger partial charge >= 0.3 is 5.97 Å². The number of esters is 1. The molecule has 2 atom stereocenters. The molecule has 1 aromatic carbocycles. The fourth-order valence-corrected chi connectivity index (χ4v) is 3.91. The number of hydrogen-bond donors (Lipinski definition) is 0. The van der Waals surface area contributed by atoms with Gasteiger partial charge in [-0.3, -0.25) is 9.59 Å². The molecule has 3 rings (SSSR count). The van der Waals surface area contributed by atoms with Gasteiger partial charge in [0.15, 0.2) is 0 Å². The molecule has 0 spiro atoms. The van der Waals surface area contributed by atoms with Gasteiger partial charge in [-0.25, -0.2) is 4.39 Å². The van der Waals surface area contributed by atoms with Crippen molar-refractivity contribution in [1.82, 2.24) is 4.90 Å². The summed E-state index contributed by atoms with van der Waals surface area (Å²) in [4.78, 5) is 31.9. The molecule has 1 fully saturated rings. The average molecular weight is 376 g/mol. The molecular weight excluding hydrogens is 351 g/mol. The Morgan fingerprint density at radius 3 is 2.96 bits per heavy atom. The summed E-state index contributed by atoms with van der Waals surface area (Å²) in [6, 6.07) is 6.22. The number of halogens is 1. The molecule has 2 heterocycles. The topological polar surface area (TPSA) is 68.2 Å². The molecule has 0 N–H and O–H groups in total. The molecule has 1 saturated heterocycles. The Hall–Kier alpha value is -2.44. The third kappa shape index (κ3) is 4.28. The fraction of sp³-hybridized carbons (Fsp3) is 0.550. The Morgan fingerprint density at radius 2 is 2.26 bits per heavy atom. The van der Waals surface area contributed by atoms with E-state index in [-0.39, 0.29) is 30.4 Å². The molecule has 2 unspecified atom stereocenters. The normalized spacial score (nSPS) is 24.9. The molecular formula is C20H25FN2O4. The third-order valence-electron chi connectivity index (χ3n) is 5.24. The zero-order chi connectivity index (χ0) is 19.4. The predicted molar refractivity (Wildman–Crippen MR) is 97.6 cm³/mol. The first kappa shape index (κ1) is 19.3. The highest BCUT2D eigenvalue weighted by atomic mass is 19.1. The van der Waals surface area contributed by atoms with Crippen LogP contribution in [0, 0.1) is 11.2 Å². The van der Waals surface area contributed by atoms with Crippen molar-refractivity contribution in [2.45, 2.75) is 45.6 Å². The van der Waals surface area contributed by atoms with Gasteiger partial charge < -0.3 is 14.5 Å². The number of carbonyl (C=O) groups excluding carboxylic acids is 2. The van der Waals surface area contributed by atoms with E-state index in [4.69, 9.17) is 9.57 Å². The first-order valence-corrected chi connectivity index (χ1v) is 9.35. The van der Waals surface area contributed by atoms with E-state index >= 15 is 0 Å². The summed E-state index contributed by atoms with van der Waals surface area (Å²) in [6.07, 6.45) is 1.98. The highest BCUT2D eigenvalue weighted by molar-refractivity contribution is 6.01. The number of likely N-dealkylation sites (tertiary alicyclic amines) is 1. The van der Waals surface area contributed by atoms with Crippen LogP contribution in [0.1, 0.15) is 45.1 Å². The van der Waals surface area contributed by atoms with Crippen LogP contribution in [0.2, 0.25) is 0 Å². The number of rotatable bonds is 5. The highest BCUT2D eigenvalue weighted by Gasteiger charge is 2.47. The van der Waals surface area contributed by atoms with Crippen LogP contribution < -0.4 is 0 Å². The average Bonchev–Trinajstić information content (AvgIpc) is 3.10. The second kappa shape index (κ2) is 8.06. The van der Waals surface area contributed by atoms with E-state index < -0.39 is 5.41 Å². The van der Waals surface area contributed by atoms with Crippen LogP contribution in [0.25, 0.3) is 0 Å². The maximum atomic E-state index is 13.5. The van der Waals surface area contributed by atoms with Crippen molar-refractivity contribution in [3.63, 3.8) is 0 Å². The quantitative estimate of drug-likeness (QED) is 0.741. The molecule has 1 amide bonds. The van der Waals surface area contributed by atoms with E-state index in [1.165, 1.54) is 19.1 Å². The van der Waals surface area contributed by atoms with E-state index in [0.29, 0.717) is 43.6 Å². The standard InChI is InChI=1S/C20H25FN2O4/c1-3-26-19(25)20(8-5-9-23(13-20)14(2)24)12-17-11-18(22-27-17)15-6-4-7-16(21)10-15/h4,6-7,10,17H,3,5,8-9,11-13H2,1-2H3. The van der Waals surface area contributed by atoms with E-state index in [2.05, 4.69) is 5.16 Å². The van der Waals surface area contributed by atoms with Crippen LogP contribution in [0.15, 0.2) is 29.4 Å². The van der Waals surface area contributed by atoms with Crippen molar-refractivity contribution >= 4 is 17.6 Å². The second-order valence-electron chi connectivity index (χ2n) is 7.23. The zero-order valence-corrected chi connectivity index (χ0v) is 15.7. The van der Waals surface area contributed by atoms with E-state index in [9.17, 15) is 14.0 Å². The number of nitrogens with zero attached hydrogens (tertiary/aromatic N) is 2. The number of hydrogen-bond acceptors (Lipinski definition) is 5. The Bertz CT molecular complexity index is 751. The molecule has 0 radical (unpaired) electrons. The minimum atomic E-state index is -0.794. The van der Waals surface area contributed by atoms with Crippen LogP contribution in [-0.4, -0.2) is 48.3 Å². The minimum Gasteiger partial charge on any atom is -0.466 e. The highest BCUT2D eigenvalue weighted by Crippen LogP contribution is 2.39. The smallest absolute Gasteiger partial charge is 0.314 e. The molecule has 2 aliphatic heterocycles. The Kier molecular flexibility index (Phi) is 5.77. The molecule has 1 aromatic rings. The van der Waals surface area contributed by atoms with Gasteiger partial charge in [-0.05, 0) is 31.9 Å². The monoisotopic (exact) mass is 376 g/mol.